The van der Waals surface area contributed by atoms with Crippen LogP contribution in [0.15, 0.2) is 11.6 Å². The SMILES string of the molecule is CCOC(=O)C1CCC(OC=O)C=C1C. The first kappa shape index (κ1) is 11.8. The van der Waals surface area contributed by atoms with Crippen molar-refractivity contribution in [2.45, 2.75) is 32.8 Å². The van der Waals surface area contributed by atoms with E-state index in [1.807, 2.05) is 13.0 Å². The largest absolute Gasteiger partial charge is 0.466 e. The van der Waals surface area contributed by atoms with E-state index in [0.717, 1.165) is 5.57 Å². The van der Waals surface area contributed by atoms with Crippen molar-refractivity contribution in [3.05, 3.63) is 11.6 Å². The molecule has 0 N–H and O–H groups in total. The number of carbonyl (C=O) groups excluding carboxylic acids is 2. The summed E-state index contributed by atoms with van der Waals surface area (Å²) in [6, 6.07) is 0. The van der Waals surface area contributed by atoms with Gasteiger partial charge in [0.05, 0.1) is 12.5 Å². The number of ether oxygens (including phenoxy) is 2. The third kappa shape index (κ3) is 3.08. The fraction of sp³-hybridized carbons (Fsp3) is 0.636. The second-order valence-electron chi connectivity index (χ2n) is 3.56. The molecule has 2 unspecified atom stereocenters. The van der Waals surface area contributed by atoms with Crippen molar-refractivity contribution in [2.24, 2.45) is 5.92 Å². The maximum atomic E-state index is 11.5. The monoisotopic (exact) mass is 212 g/mol. The average molecular weight is 212 g/mol. The molecule has 0 saturated heterocycles. The van der Waals surface area contributed by atoms with Crippen LogP contribution in [0.5, 0.6) is 0 Å². The standard InChI is InChI=1S/C11H16O4/c1-3-14-11(13)10-5-4-9(15-7-12)6-8(10)2/h6-7,9-10H,3-5H2,1-2H3. The zero-order valence-electron chi connectivity index (χ0n) is 9.06. The summed E-state index contributed by atoms with van der Waals surface area (Å²) in [6.45, 7) is 4.50. The summed E-state index contributed by atoms with van der Waals surface area (Å²) < 4.78 is 9.79. The topological polar surface area (TPSA) is 52.6 Å². The van der Waals surface area contributed by atoms with Gasteiger partial charge in [0.1, 0.15) is 6.10 Å². The zero-order chi connectivity index (χ0) is 11.3. The van der Waals surface area contributed by atoms with Crippen LogP contribution in [0.4, 0.5) is 0 Å². The van der Waals surface area contributed by atoms with E-state index in [9.17, 15) is 9.59 Å². The molecule has 0 heterocycles. The summed E-state index contributed by atoms with van der Waals surface area (Å²) in [6.07, 6.45) is 2.99. The van der Waals surface area contributed by atoms with Gasteiger partial charge in [-0.3, -0.25) is 9.59 Å². The Bertz CT molecular complexity index is 270. The van der Waals surface area contributed by atoms with Gasteiger partial charge in [-0.2, -0.15) is 0 Å². The van der Waals surface area contributed by atoms with Crippen molar-refractivity contribution >= 4 is 12.4 Å². The highest BCUT2D eigenvalue weighted by molar-refractivity contribution is 5.76. The molecule has 1 aliphatic carbocycles. The first-order valence-corrected chi connectivity index (χ1v) is 5.13. The fourth-order valence-corrected chi connectivity index (χ4v) is 1.78. The molecule has 0 aromatic carbocycles. The van der Waals surface area contributed by atoms with Crippen molar-refractivity contribution < 1.29 is 19.1 Å². The highest BCUT2D eigenvalue weighted by Crippen LogP contribution is 2.26. The summed E-state index contributed by atoms with van der Waals surface area (Å²) in [5.74, 6) is -0.354. The molecular formula is C11H16O4. The van der Waals surface area contributed by atoms with Crippen molar-refractivity contribution in [3.8, 4) is 0 Å². The van der Waals surface area contributed by atoms with Crippen LogP contribution >= 0.6 is 0 Å². The minimum absolute atomic E-state index is 0.170. The van der Waals surface area contributed by atoms with E-state index in [0.29, 0.717) is 25.9 Å². The van der Waals surface area contributed by atoms with Gasteiger partial charge in [0, 0.05) is 0 Å². The van der Waals surface area contributed by atoms with Crippen molar-refractivity contribution in [1.82, 2.24) is 0 Å². The molecule has 0 aromatic rings. The Hall–Kier alpha value is -1.32. The van der Waals surface area contributed by atoms with Crippen LogP contribution in [0.25, 0.3) is 0 Å². The van der Waals surface area contributed by atoms with E-state index >= 15 is 0 Å². The molecule has 0 amide bonds. The van der Waals surface area contributed by atoms with Crippen LogP contribution in [0.3, 0.4) is 0 Å². The van der Waals surface area contributed by atoms with E-state index in [1.54, 1.807) is 6.92 Å². The number of rotatable bonds is 4. The molecule has 0 aromatic heterocycles. The van der Waals surface area contributed by atoms with E-state index in [-0.39, 0.29) is 18.0 Å². The average Bonchev–Trinajstić information content (AvgIpc) is 2.18. The Kier molecular flexibility index (Phi) is 4.34. The van der Waals surface area contributed by atoms with Crippen molar-refractivity contribution in [1.29, 1.82) is 0 Å². The Balaban J connectivity index is 2.61. The maximum absolute atomic E-state index is 11.5. The van der Waals surface area contributed by atoms with E-state index < -0.39 is 0 Å². The molecule has 0 radical (unpaired) electrons. The molecule has 0 saturated carbocycles. The van der Waals surface area contributed by atoms with Gasteiger partial charge in [0.15, 0.2) is 0 Å². The van der Waals surface area contributed by atoms with Gasteiger partial charge in [-0.05, 0) is 32.8 Å². The van der Waals surface area contributed by atoms with E-state index in [4.69, 9.17) is 9.47 Å². The normalized spacial score (nSPS) is 25.3. The Morgan fingerprint density at radius 2 is 2.33 bits per heavy atom. The van der Waals surface area contributed by atoms with Crippen LogP contribution < -0.4 is 0 Å². The summed E-state index contributed by atoms with van der Waals surface area (Å²) in [4.78, 5) is 21.7. The lowest BCUT2D eigenvalue weighted by atomic mass is 9.87. The number of hydrogen-bond donors (Lipinski definition) is 0. The molecule has 0 spiro atoms. The summed E-state index contributed by atoms with van der Waals surface area (Å²) in [5.41, 5.74) is 0.923. The molecular weight excluding hydrogens is 196 g/mol. The van der Waals surface area contributed by atoms with E-state index in [1.165, 1.54) is 0 Å². The van der Waals surface area contributed by atoms with Gasteiger partial charge in [-0.15, -0.1) is 0 Å². The third-order valence-electron chi connectivity index (χ3n) is 2.54. The Morgan fingerprint density at radius 3 is 2.87 bits per heavy atom. The molecule has 1 rings (SSSR count). The van der Waals surface area contributed by atoms with Crippen LogP contribution in [0.2, 0.25) is 0 Å². The summed E-state index contributed by atoms with van der Waals surface area (Å²) in [5, 5.41) is 0. The summed E-state index contributed by atoms with van der Waals surface area (Å²) >= 11 is 0. The van der Waals surface area contributed by atoms with Gasteiger partial charge in [0.25, 0.3) is 6.47 Å². The molecule has 15 heavy (non-hydrogen) atoms. The second-order valence-corrected chi connectivity index (χ2v) is 3.56. The predicted octanol–water partition coefficient (Wildman–Crippen LogP) is 1.45. The number of hydrogen-bond acceptors (Lipinski definition) is 4. The lowest BCUT2D eigenvalue weighted by Gasteiger charge is -2.24. The van der Waals surface area contributed by atoms with Gasteiger partial charge >= 0.3 is 5.97 Å². The van der Waals surface area contributed by atoms with Crippen LogP contribution in [0.1, 0.15) is 26.7 Å². The Labute approximate surface area is 89.2 Å². The molecule has 1 aliphatic rings. The fourth-order valence-electron chi connectivity index (χ4n) is 1.78. The first-order chi connectivity index (χ1) is 7.19. The lowest BCUT2D eigenvalue weighted by Crippen LogP contribution is -2.26. The van der Waals surface area contributed by atoms with Crippen LogP contribution in [-0.4, -0.2) is 25.2 Å². The minimum atomic E-state index is -0.187. The first-order valence-electron chi connectivity index (χ1n) is 5.13. The smallest absolute Gasteiger partial charge is 0.313 e. The lowest BCUT2D eigenvalue weighted by molar-refractivity contribution is -0.147. The van der Waals surface area contributed by atoms with Crippen LogP contribution in [0, 0.1) is 5.92 Å². The second kappa shape index (κ2) is 5.53. The van der Waals surface area contributed by atoms with Crippen LogP contribution in [-0.2, 0) is 19.1 Å². The molecule has 0 fully saturated rings. The third-order valence-corrected chi connectivity index (χ3v) is 2.54. The molecule has 84 valence electrons. The molecule has 2 atom stereocenters. The predicted molar refractivity (Wildman–Crippen MR) is 54.1 cm³/mol. The molecule has 0 bridgehead atoms. The maximum Gasteiger partial charge on any atom is 0.313 e. The van der Waals surface area contributed by atoms with Crippen molar-refractivity contribution in [2.75, 3.05) is 6.61 Å². The highest BCUT2D eigenvalue weighted by atomic mass is 16.5. The van der Waals surface area contributed by atoms with Gasteiger partial charge in [-0.25, -0.2) is 0 Å². The van der Waals surface area contributed by atoms with E-state index in [2.05, 4.69) is 0 Å². The molecule has 4 heteroatoms. The van der Waals surface area contributed by atoms with Gasteiger partial charge in [0.2, 0.25) is 0 Å². The summed E-state index contributed by atoms with van der Waals surface area (Å²) in [7, 11) is 0. The van der Waals surface area contributed by atoms with Gasteiger partial charge < -0.3 is 9.47 Å². The highest BCUT2D eigenvalue weighted by Gasteiger charge is 2.27. The quantitative estimate of drug-likeness (QED) is 0.402. The van der Waals surface area contributed by atoms with Crippen molar-refractivity contribution in [3.63, 3.8) is 0 Å². The Morgan fingerprint density at radius 1 is 1.60 bits per heavy atom. The molecule has 0 aliphatic heterocycles. The minimum Gasteiger partial charge on any atom is -0.466 e. The number of carbonyl (C=O) groups is 2. The van der Waals surface area contributed by atoms with Gasteiger partial charge in [-0.1, -0.05) is 5.57 Å². The zero-order valence-corrected chi connectivity index (χ0v) is 9.06. The number of esters is 1. The molecule has 4 nitrogen and oxygen atoms in total.